The van der Waals surface area contributed by atoms with Gasteiger partial charge in [0.05, 0.1) is 10.6 Å². The Bertz CT molecular complexity index is 710. The van der Waals surface area contributed by atoms with Gasteiger partial charge in [-0.15, -0.1) is 0 Å². The normalized spacial score (nSPS) is 12.6. The first-order valence-corrected chi connectivity index (χ1v) is 8.55. The Kier molecular flexibility index (Phi) is 4.20. The molecule has 0 aliphatic carbocycles. The van der Waals surface area contributed by atoms with Gasteiger partial charge in [0.15, 0.2) is 15.6 Å². The summed E-state index contributed by atoms with van der Waals surface area (Å²) < 4.78 is 28.1. The molecule has 0 aliphatic rings. The molecule has 0 aliphatic heterocycles. The summed E-state index contributed by atoms with van der Waals surface area (Å²) in [6.07, 6.45) is 1.19. The van der Waals surface area contributed by atoms with Crippen LogP contribution >= 0.6 is 0 Å². The maximum Gasteiger partial charge on any atom is 0.175 e. The quantitative estimate of drug-likeness (QED) is 0.940. The predicted molar refractivity (Wildman–Crippen MR) is 81.6 cm³/mol. The van der Waals surface area contributed by atoms with Gasteiger partial charge in [0.25, 0.3) is 0 Å². The average molecular weight is 308 g/mol. The van der Waals surface area contributed by atoms with Gasteiger partial charge in [0.1, 0.15) is 0 Å². The minimum atomic E-state index is -3.18. The summed E-state index contributed by atoms with van der Waals surface area (Å²) in [7, 11) is -3.18. The summed E-state index contributed by atoms with van der Waals surface area (Å²) in [4.78, 5) is 0.292. The molecular formula is C15H20N2O3S. The molecule has 1 aromatic heterocycles. The lowest BCUT2D eigenvalue weighted by molar-refractivity contribution is 0.392. The van der Waals surface area contributed by atoms with Crippen LogP contribution in [-0.4, -0.2) is 25.4 Å². The van der Waals surface area contributed by atoms with Gasteiger partial charge in [-0.3, -0.25) is 0 Å². The van der Waals surface area contributed by atoms with E-state index >= 15 is 0 Å². The van der Waals surface area contributed by atoms with Crippen LogP contribution in [0.2, 0.25) is 0 Å². The monoisotopic (exact) mass is 308 g/mol. The smallest absolute Gasteiger partial charge is 0.175 e. The number of aromatic nitrogens is 1. The first kappa shape index (κ1) is 15.7. The van der Waals surface area contributed by atoms with Crippen molar-refractivity contribution in [2.75, 3.05) is 6.26 Å². The van der Waals surface area contributed by atoms with Crippen LogP contribution in [0.5, 0.6) is 0 Å². The van der Waals surface area contributed by atoms with Gasteiger partial charge in [0, 0.05) is 30.0 Å². The van der Waals surface area contributed by atoms with E-state index in [1.165, 1.54) is 6.26 Å². The van der Waals surface area contributed by atoms with E-state index in [1.54, 1.807) is 24.3 Å². The van der Waals surface area contributed by atoms with Gasteiger partial charge in [-0.25, -0.2) is 8.42 Å². The van der Waals surface area contributed by atoms with Crippen molar-refractivity contribution in [1.82, 2.24) is 10.5 Å². The van der Waals surface area contributed by atoms with E-state index < -0.39 is 9.84 Å². The molecule has 0 amide bonds. The molecule has 2 rings (SSSR count). The molecule has 1 N–H and O–H groups in total. The van der Waals surface area contributed by atoms with E-state index in [2.05, 4.69) is 31.2 Å². The summed E-state index contributed by atoms with van der Waals surface area (Å²) >= 11 is 0. The molecule has 2 aromatic rings. The highest BCUT2D eigenvalue weighted by atomic mass is 32.2. The molecule has 0 fully saturated rings. The lowest BCUT2D eigenvalue weighted by atomic mass is 10.1. The molecule has 0 bridgehead atoms. The second-order valence-corrected chi connectivity index (χ2v) is 8.10. The fraction of sp³-hybridized carbons (Fsp3) is 0.400. The Balaban J connectivity index is 2.14. The summed E-state index contributed by atoms with van der Waals surface area (Å²) in [5.41, 5.74) is 1.63. The number of benzene rings is 1. The standard InChI is InChI=1S/C15H20N2O3S/c1-15(2,3)16-10-12-9-14(20-17-12)11-5-7-13(8-6-11)21(4,18)19/h5-9,16H,10H2,1-4H3. The van der Waals surface area contributed by atoms with Crippen molar-refractivity contribution < 1.29 is 12.9 Å². The van der Waals surface area contributed by atoms with E-state index in [-0.39, 0.29) is 5.54 Å². The van der Waals surface area contributed by atoms with Crippen LogP contribution in [0.15, 0.2) is 39.8 Å². The second-order valence-electron chi connectivity index (χ2n) is 6.08. The molecule has 1 aromatic carbocycles. The van der Waals surface area contributed by atoms with E-state index in [9.17, 15) is 8.42 Å². The van der Waals surface area contributed by atoms with Crippen molar-refractivity contribution >= 4 is 9.84 Å². The van der Waals surface area contributed by atoms with Gasteiger partial charge in [-0.2, -0.15) is 0 Å². The molecule has 0 saturated heterocycles. The summed E-state index contributed by atoms with van der Waals surface area (Å²) in [5.74, 6) is 0.626. The number of hydrogen-bond acceptors (Lipinski definition) is 5. The van der Waals surface area contributed by atoms with Crippen LogP contribution in [-0.2, 0) is 16.4 Å². The molecule has 0 radical (unpaired) electrons. The lowest BCUT2D eigenvalue weighted by Gasteiger charge is -2.19. The van der Waals surface area contributed by atoms with Crippen LogP contribution in [0.3, 0.4) is 0 Å². The van der Waals surface area contributed by atoms with Crippen LogP contribution in [0.25, 0.3) is 11.3 Å². The Morgan fingerprint density at radius 1 is 1.19 bits per heavy atom. The Labute approximate surface area is 125 Å². The highest BCUT2D eigenvalue weighted by molar-refractivity contribution is 7.90. The number of nitrogens with zero attached hydrogens (tertiary/aromatic N) is 1. The molecule has 1 heterocycles. The molecule has 5 nitrogen and oxygen atoms in total. The number of sulfone groups is 1. The fourth-order valence-corrected chi connectivity index (χ4v) is 2.38. The largest absolute Gasteiger partial charge is 0.356 e. The van der Waals surface area contributed by atoms with E-state index in [1.807, 2.05) is 6.07 Å². The van der Waals surface area contributed by atoms with Crippen LogP contribution in [0.4, 0.5) is 0 Å². The zero-order valence-electron chi connectivity index (χ0n) is 12.7. The summed E-state index contributed by atoms with van der Waals surface area (Å²) in [6.45, 7) is 6.86. The molecule has 0 unspecified atom stereocenters. The third-order valence-corrected chi connectivity index (χ3v) is 4.05. The van der Waals surface area contributed by atoms with Crippen molar-refractivity contribution in [3.8, 4) is 11.3 Å². The van der Waals surface area contributed by atoms with Gasteiger partial charge in [0.2, 0.25) is 0 Å². The van der Waals surface area contributed by atoms with E-state index in [0.717, 1.165) is 11.3 Å². The van der Waals surface area contributed by atoms with Crippen molar-refractivity contribution in [3.63, 3.8) is 0 Å². The van der Waals surface area contributed by atoms with Crippen LogP contribution in [0.1, 0.15) is 26.5 Å². The average Bonchev–Trinajstić information content (AvgIpc) is 2.83. The molecule has 114 valence electrons. The summed E-state index contributed by atoms with van der Waals surface area (Å²) in [5, 5.41) is 7.34. The highest BCUT2D eigenvalue weighted by Gasteiger charge is 2.12. The van der Waals surface area contributed by atoms with E-state index in [0.29, 0.717) is 17.2 Å². The van der Waals surface area contributed by atoms with Crippen LogP contribution in [0, 0.1) is 0 Å². The molecule has 0 atom stereocenters. The first-order valence-electron chi connectivity index (χ1n) is 6.66. The van der Waals surface area contributed by atoms with Crippen molar-refractivity contribution in [1.29, 1.82) is 0 Å². The minimum Gasteiger partial charge on any atom is -0.356 e. The maximum absolute atomic E-state index is 11.4. The van der Waals surface area contributed by atoms with Gasteiger partial charge >= 0.3 is 0 Å². The lowest BCUT2D eigenvalue weighted by Crippen LogP contribution is -2.35. The zero-order valence-corrected chi connectivity index (χ0v) is 13.5. The Morgan fingerprint density at radius 2 is 1.81 bits per heavy atom. The van der Waals surface area contributed by atoms with Crippen molar-refractivity contribution in [2.45, 2.75) is 37.8 Å². The highest BCUT2D eigenvalue weighted by Crippen LogP contribution is 2.22. The molecule has 0 saturated carbocycles. The maximum atomic E-state index is 11.4. The SMILES string of the molecule is CC(C)(C)NCc1cc(-c2ccc(S(C)(=O)=O)cc2)on1. The topological polar surface area (TPSA) is 72.2 Å². The number of nitrogens with one attached hydrogen (secondary N) is 1. The molecule has 6 heteroatoms. The fourth-order valence-electron chi connectivity index (χ4n) is 1.75. The van der Waals surface area contributed by atoms with Gasteiger partial charge in [-0.05, 0) is 45.0 Å². The molecule has 0 spiro atoms. The molecule has 21 heavy (non-hydrogen) atoms. The van der Waals surface area contributed by atoms with Crippen molar-refractivity contribution in [2.24, 2.45) is 0 Å². The van der Waals surface area contributed by atoms with Gasteiger partial charge in [-0.1, -0.05) is 5.16 Å². The summed E-state index contributed by atoms with van der Waals surface area (Å²) in [6, 6.07) is 8.43. The molecular weight excluding hydrogens is 288 g/mol. The first-order chi connectivity index (χ1) is 9.65. The Morgan fingerprint density at radius 3 is 2.33 bits per heavy atom. The van der Waals surface area contributed by atoms with Crippen molar-refractivity contribution in [3.05, 3.63) is 36.0 Å². The Hall–Kier alpha value is -1.66. The third-order valence-electron chi connectivity index (χ3n) is 2.93. The zero-order chi connectivity index (χ0) is 15.7. The number of hydrogen-bond donors (Lipinski definition) is 1. The second kappa shape index (κ2) is 5.61. The van der Waals surface area contributed by atoms with Crippen LogP contribution < -0.4 is 5.32 Å². The van der Waals surface area contributed by atoms with Gasteiger partial charge < -0.3 is 9.84 Å². The van der Waals surface area contributed by atoms with E-state index in [4.69, 9.17) is 4.52 Å². The third kappa shape index (κ3) is 4.41. The predicted octanol–water partition coefficient (Wildman–Crippen LogP) is 2.63. The number of rotatable bonds is 4. The minimum absolute atomic E-state index is 0.0102.